The van der Waals surface area contributed by atoms with E-state index in [1.165, 1.54) is 0 Å². The molecule has 0 amide bonds. The van der Waals surface area contributed by atoms with E-state index in [4.69, 9.17) is 4.74 Å². The Morgan fingerprint density at radius 1 is 1.17 bits per heavy atom. The largest absolute Gasteiger partial charge is 0.493 e. The summed E-state index contributed by atoms with van der Waals surface area (Å²) in [6.45, 7) is 6.39. The summed E-state index contributed by atoms with van der Waals surface area (Å²) in [5, 5.41) is 5.65. The van der Waals surface area contributed by atoms with Gasteiger partial charge in [-0.05, 0) is 30.5 Å². The van der Waals surface area contributed by atoms with Gasteiger partial charge in [-0.1, -0.05) is 26.0 Å². The van der Waals surface area contributed by atoms with Gasteiger partial charge in [0, 0.05) is 7.05 Å². The predicted octanol–water partition coefficient (Wildman–Crippen LogP) is 3.83. The van der Waals surface area contributed by atoms with Gasteiger partial charge < -0.3 is 15.4 Å². The van der Waals surface area contributed by atoms with E-state index in [0.29, 0.717) is 18.5 Å². The van der Waals surface area contributed by atoms with Crippen LogP contribution in [0.1, 0.15) is 32.4 Å². The lowest BCUT2D eigenvalue weighted by Gasteiger charge is -2.18. The second kappa shape index (κ2) is 11.4. The molecule has 0 aliphatic carbocycles. The quantitative estimate of drug-likeness (QED) is 0.384. The number of halogens is 3. The van der Waals surface area contributed by atoms with Gasteiger partial charge in [-0.15, -0.1) is 24.0 Å². The Kier molecular flexibility index (Phi) is 10.9. The van der Waals surface area contributed by atoms with Crippen molar-refractivity contribution in [3.05, 3.63) is 29.8 Å². The molecule has 1 unspecified atom stereocenters. The first kappa shape index (κ1) is 21.9. The summed E-state index contributed by atoms with van der Waals surface area (Å²) in [7, 11) is 1.55. The number of aliphatic imine (C=N–C) groups is 1. The minimum atomic E-state index is -2.41. The smallest absolute Gasteiger partial charge is 0.255 e. The van der Waals surface area contributed by atoms with E-state index in [1.807, 2.05) is 31.2 Å². The highest BCUT2D eigenvalue weighted by Crippen LogP contribution is 2.18. The molecule has 1 atom stereocenters. The van der Waals surface area contributed by atoms with Gasteiger partial charge in [0.25, 0.3) is 6.43 Å². The van der Waals surface area contributed by atoms with Gasteiger partial charge in [-0.25, -0.2) is 8.78 Å². The molecule has 0 fully saturated rings. The molecule has 0 saturated carbocycles. The third-order valence-electron chi connectivity index (χ3n) is 2.96. The van der Waals surface area contributed by atoms with Crippen molar-refractivity contribution < 1.29 is 13.5 Å². The maximum Gasteiger partial charge on any atom is 0.255 e. The summed E-state index contributed by atoms with van der Waals surface area (Å²) in [4.78, 5) is 3.93. The van der Waals surface area contributed by atoms with Gasteiger partial charge in [0.1, 0.15) is 5.75 Å². The Balaban J connectivity index is 0.00000484. The number of nitrogens with zero attached hydrogens (tertiary/aromatic N) is 1. The normalized spacial score (nSPS) is 12.8. The summed E-state index contributed by atoms with van der Waals surface area (Å²) in [6.07, 6.45) is -2.41. The molecule has 132 valence electrons. The number of alkyl halides is 2. The molecule has 1 aromatic rings. The number of hydrogen-bond donors (Lipinski definition) is 2. The molecular formula is C16H26F2IN3O. The molecule has 1 aromatic carbocycles. The van der Waals surface area contributed by atoms with Crippen molar-refractivity contribution in [3.8, 4) is 5.75 Å². The molecule has 0 heterocycles. The van der Waals surface area contributed by atoms with Crippen molar-refractivity contribution in [1.82, 2.24) is 10.6 Å². The van der Waals surface area contributed by atoms with E-state index in [0.717, 1.165) is 11.3 Å². The molecule has 0 aliphatic heterocycles. The zero-order valence-corrected chi connectivity index (χ0v) is 16.3. The van der Waals surface area contributed by atoms with Gasteiger partial charge in [-0.2, -0.15) is 0 Å². The van der Waals surface area contributed by atoms with E-state index in [9.17, 15) is 8.78 Å². The highest BCUT2D eigenvalue weighted by Gasteiger charge is 2.10. The molecule has 0 radical (unpaired) electrons. The maximum absolute atomic E-state index is 12.2. The average Bonchev–Trinajstić information content (AvgIpc) is 2.49. The second-order valence-corrected chi connectivity index (χ2v) is 5.48. The molecule has 0 bridgehead atoms. The Morgan fingerprint density at radius 2 is 1.78 bits per heavy atom. The van der Waals surface area contributed by atoms with Crippen molar-refractivity contribution >= 4 is 29.9 Å². The fourth-order valence-corrected chi connectivity index (χ4v) is 1.77. The van der Waals surface area contributed by atoms with Crippen LogP contribution >= 0.6 is 24.0 Å². The van der Waals surface area contributed by atoms with Crippen molar-refractivity contribution in [3.63, 3.8) is 0 Å². The summed E-state index contributed by atoms with van der Waals surface area (Å²) >= 11 is 0. The van der Waals surface area contributed by atoms with Crippen LogP contribution in [0.2, 0.25) is 0 Å². The van der Waals surface area contributed by atoms with Crippen LogP contribution in [0.5, 0.6) is 5.75 Å². The molecule has 4 nitrogen and oxygen atoms in total. The van der Waals surface area contributed by atoms with Crippen LogP contribution in [0.25, 0.3) is 0 Å². The highest BCUT2D eigenvalue weighted by molar-refractivity contribution is 14.0. The number of nitrogens with one attached hydrogen (secondary N) is 2. The van der Waals surface area contributed by atoms with E-state index >= 15 is 0 Å². The number of benzene rings is 1. The topological polar surface area (TPSA) is 45.7 Å². The Morgan fingerprint density at radius 3 is 2.26 bits per heavy atom. The van der Waals surface area contributed by atoms with Crippen molar-refractivity contribution in [1.29, 1.82) is 0 Å². The zero-order valence-electron chi connectivity index (χ0n) is 14.0. The summed E-state index contributed by atoms with van der Waals surface area (Å²) < 4.78 is 30.0. The van der Waals surface area contributed by atoms with E-state index < -0.39 is 13.0 Å². The molecule has 1 rings (SSSR count). The van der Waals surface area contributed by atoms with Gasteiger partial charge in [0.15, 0.2) is 5.96 Å². The lowest BCUT2D eigenvalue weighted by atomic mass is 10.1. The minimum absolute atomic E-state index is 0. The summed E-state index contributed by atoms with van der Waals surface area (Å²) in [6, 6.07) is 7.67. The molecule has 7 heteroatoms. The molecule has 0 saturated heterocycles. The third-order valence-corrected chi connectivity index (χ3v) is 2.96. The van der Waals surface area contributed by atoms with Crippen molar-refractivity contribution in [2.75, 3.05) is 20.2 Å². The summed E-state index contributed by atoms with van der Waals surface area (Å²) in [5.74, 6) is 1.65. The van der Waals surface area contributed by atoms with Crippen LogP contribution in [-0.2, 0) is 0 Å². The van der Waals surface area contributed by atoms with E-state index in [2.05, 4.69) is 29.5 Å². The molecule has 0 aliphatic rings. The molecule has 23 heavy (non-hydrogen) atoms. The predicted molar refractivity (Wildman–Crippen MR) is 101 cm³/mol. The maximum atomic E-state index is 12.2. The number of guanidine groups is 1. The van der Waals surface area contributed by atoms with Crippen LogP contribution < -0.4 is 15.4 Å². The first-order valence-corrected chi connectivity index (χ1v) is 7.40. The van der Waals surface area contributed by atoms with Gasteiger partial charge in [0.05, 0.1) is 19.2 Å². The SMILES string of the molecule is CN=C(NCC(F)F)NC(C)c1ccc(OCC(C)C)cc1.I. The minimum Gasteiger partial charge on any atom is -0.493 e. The third kappa shape index (κ3) is 8.92. The number of hydrogen-bond acceptors (Lipinski definition) is 2. The van der Waals surface area contributed by atoms with Crippen LogP contribution in [0, 0.1) is 5.92 Å². The van der Waals surface area contributed by atoms with Crippen molar-refractivity contribution in [2.45, 2.75) is 33.2 Å². The lowest BCUT2D eigenvalue weighted by molar-refractivity contribution is 0.152. The second-order valence-electron chi connectivity index (χ2n) is 5.48. The Hall–Kier alpha value is -1.12. The Labute approximate surface area is 154 Å². The molecule has 0 aromatic heterocycles. The van der Waals surface area contributed by atoms with Gasteiger partial charge >= 0.3 is 0 Å². The number of rotatable bonds is 7. The van der Waals surface area contributed by atoms with Crippen LogP contribution in [0.15, 0.2) is 29.3 Å². The number of ether oxygens (including phenoxy) is 1. The van der Waals surface area contributed by atoms with E-state index in [-0.39, 0.29) is 30.0 Å². The lowest BCUT2D eigenvalue weighted by Crippen LogP contribution is -2.40. The van der Waals surface area contributed by atoms with Crippen LogP contribution in [0.4, 0.5) is 8.78 Å². The van der Waals surface area contributed by atoms with Gasteiger partial charge in [0.2, 0.25) is 0 Å². The molecule has 0 spiro atoms. The van der Waals surface area contributed by atoms with E-state index in [1.54, 1.807) is 7.05 Å². The average molecular weight is 441 g/mol. The zero-order chi connectivity index (χ0) is 16.5. The summed E-state index contributed by atoms with van der Waals surface area (Å²) in [5.41, 5.74) is 1.02. The van der Waals surface area contributed by atoms with Gasteiger partial charge in [-0.3, -0.25) is 4.99 Å². The standard InChI is InChI=1S/C16H25F2N3O.HI/c1-11(2)10-22-14-7-5-13(6-8-14)12(3)21-16(19-4)20-9-15(17)18;/h5-8,11-12,15H,9-10H2,1-4H3,(H2,19,20,21);1H. The first-order valence-electron chi connectivity index (χ1n) is 7.40. The van der Waals surface area contributed by atoms with Crippen LogP contribution in [-0.4, -0.2) is 32.6 Å². The fourth-order valence-electron chi connectivity index (χ4n) is 1.77. The first-order chi connectivity index (χ1) is 10.4. The molecular weight excluding hydrogens is 415 g/mol. The fraction of sp³-hybridized carbons (Fsp3) is 0.562. The Bertz CT molecular complexity index is 467. The molecule has 2 N–H and O–H groups in total. The van der Waals surface area contributed by atoms with Crippen molar-refractivity contribution in [2.24, 2.45) is 10.9 Å². The van der Waals surface area contributed by atoms with Crippen LogP contribution in [0.3, 0.4) is 0 Å². The monoisotopic (exact) mass is 441 g/mol. The highest BCUT2D eigenvalue weighted by atomic mass is 127.